The molecule has 0 saturated heterocycles. The van der Waals surface area contributed by atoms with Crippen LogP contribution in [0, 0.1) is 6.92 Å². The fourth-order valence-electron chi connectivity index (χ4n) is 2.75. The van der Waals surface area contributed by atoms with E-state index in [-0.39, 0.29) is 23.4 Å². The zero-order chi connectivity index (χ0) is 21.3. The van der Waals surface area contributed by atoms with Crippen LogP contribution in [0.15, 0.2) is 61.9 Å². The van der Waals surface area contributed by atoms with E-state index in [9.17, 15) is 13.2 Å². The molecule has 0 bridgehead atoms. The molecule has 30 heavy (non-hydrogen) atoms. The largest absolute Gasteiger partial charge is 0.573 e. The Morgan fingerprint density at radius 3 is 2.50 bits per heavy atom. The average molecular weight is 480 g/mol. The smallest absolute Gasteiger partial charge is 0.437 e. The number of hydrogen-bond donors (Lipinski definition) is 0. The maximum atomic E-state index is 12.3. The van der Waals surface area contributed by atoms with Crippen molar-refractivity contribution in [1.29, 1.82) is 0 Å². The Labute approximate surface area is 176 Å². The van der Waals surface area contributed by atoms with Gasteiger partial charge in [-0.2, -0.15) is 4.98 Å². The molecule has 154 valence electrons. The van der Waals surface area contributed by atoms with E-state index in [1.54, 1.807) is 0 Å². The van der Waals surface area contributed by atoms with E-state index in [1.807, 2.05) is 31.2 Å². The van der Waals surface area contributed by atoms with Crippen molar-refractivity contribution in [2.75, 3.05) is 0 Å². The average Bonchev–Trinajstić information content (AvgIpc) is 3.29. The molecule has 2 aromatic heterocycles. The van der Waals surface area contributed by atoms with E-state index in [1.165, 1.54) is 24.3 Å². The topological polar surface area (TPSA) is 74.2 Å². The molecule has 2 aromatic carbocycles. The molecule has 6 nitrogen and oxygen atoms in total. The van der Waals surface area contributed by atoms with E-state index >= 15 is 0 Å². The number of benzene rings is 2. The number of halogens is 4. The van der Waals surface area contributed by atoms with E-state index in [0.717, 1.165) is 10.0 Å². The van der Waals surface area contributed by atoms with Crippen molar-refractivity contribution < 1.29 is 26.8 Å². The van der Waals surface area contributed by atoms with Crippen LogP contribution >= 0.6 is 15.9 Å². The number of alkyl halides is 3. The maximum absolute atomic E-state index is 12.3. The van der Waals surface area contributed by atoms with Crippen molar-refractivity contribution in [3.05, 3.63) is 70.0 Å². The quantitative estimate of drug-likeness (QED) is 0.352. The van der Waals surface area contributed by atoms with Crippen molar-refractivity contribution in [3.8, 4) is 28.9 Å². The lowest BCUT2D eigenvalue weighted by molar-refractivity contribution is -0.274. The molecule has 0 radical (unpaired) electrons. The normalized spacial score (nSPS) is 11.6. The number of oxazole rings is 1. The van der Waals surface area contributed by atoms with Crippen molar-refractivity contribution in [1.82, 2.24) is 15.1 Å². The third kappa shape index (κ3) is 4.70. The SMILES string of the molecule is Cc1nc(-c2nc(-c3ccc(OC(F)(F)F)cc3)no2)oc1Cc1cccc(Br)c1. The number of nitrogens with zero attached hydrogens (tertiary/aromatic N) is 3. The van der Waals surface area contributed by atoms with Crippen LogP contribution in [0.3, 0.4) is 0 Å². The first-order valence-corrected chi connectivity index (χ1v) is 9.47. The van der Waals surface area contributed by atoms with E-state index in [0.29, 0.717) is 23.4 Å². The number of hydrogen-bond acceptors (Lipinski definition) is 6. The lowest BCUT2D eigenvalue weighted by Crippen LogP contribution is -2.16. The Kier molecular flexibility index (Phi) is 5.33. The minimum Gasteiger partial charge on any atom is -0.437 e. The zero-order valence-electron chi connectivity index (χ0n) is 15.4. The first kappa shape index (κ1) is 20.1. The molecule has 10 heteroatoms. The highest BCUT2D eigenvalue weighted by atomic mass is 79.9. The first-order valence-electron chi connectivity index (χ1n) is 8.68. The van der Waals surface area contributed by atoms with Gasteiger partial charge in [-0.3, -0.25) is 0 Å². The summed E-state index contributed by atoms with van der Waals surface area (Å²) in [5.74, 6) is 0.762. The number of aromatic nitrogens is 3. The van der Waals surface area contributed by atoms with Crippen LogP contribution in [-0.2, 0) is 6.42 Å². The Hall–Kier alpha value is -3.14. The van der Waals surface area contributed by atoms with Gasteiger partial charge in [0.15, 0.2) is 0 Å². The van der Waals surface area contributed by atoms with Gasteiger partial charge in [0.1, 0.15) is 11.5 Å². The van der Waals surface area contributed by atoms with Crippen LogP contribution in [0.25, 0.3) is 23.2 Å². The maximum Gasteiger partial charge on any atom is 0.573 e. The monoisotopic (exact) mass is 479 g/mol. The molecule has 0 aliphatic carbocycles. The molecular formula is C20H13BrF3N3O3. The van der Waals surface area contributed by atoms with Crippen LogP contribution in [0.5, 0.6) is 5.75 Å². The first-order chi connectivity index (χ1) is 14.3. The fraction of sp³-hybridized carbons (Fsp3) is 0.150. The van der Waals surface area contributed by atoms with Gasteiger partial charge < -0.3 is 13.7 Å². The Bertz CT molecular complexity index is 1170. The lowest BCUT2D eigenvalue weighted by atomic mass is 10.1. The van der Waals surface area contributed by atoms with Crippen molar-refractivity contribution in [2.45, 2.75) is 19.7 Å². The summed E-state index contributed by atoms with van der Waals surface area (Å²) in [5.41, 5.74) is 2.19. The molecule has 0 aliphatic rings. The summed E-state index contributed by atoms with van der Waals surface area (Å²) in [4.78, 5) is 8.57. The molecule has 2 heterocycles. The fourth-order valence-corrected chi connectivity index (χ4v) is 3.20. The molecule has 0 N–H and O–H groups in total. The minimum absolute atomic E-state index is 0.0733. The molecule has 0 atom stereocenters. The van der Waals surface area contributed by atoms with E-state index in [4.69, 9.17) is 8.94 Å². The number of aryl methyl sites for hydroxylation is 1. The minimum atomic E-state index is -4.75. The van der Waals surface area contributed by atoms with Gasteiger partial charge in [0.05, 0.1) is 5.69 Å². The Morgan fingerprint density at radius 1 is 1.03 bits per heavy atom. The van der Waals surface area contributed by atoms with Gasteiger partial charge in [-0.05, 0) is 48.9 Å². The molecule has 0 fully saturated rings. The predicted molar refractivity (Wildman–Crippen MR) is 104 cm³/mol. The molecule has 0 unspecified atom stereocenters. The van der Waals surface area contributed by atoms with Crippen LogP contribution in [-0.4, -0.2) is 21.5 Å². The van der Waals surface area contributed by atoms with Gasteiger partial charge in [0.25, 0.3) is 5.89 Å². The summed E-state index contributed by atoms with van der Waals surface area (Å²) in [6.07, 6.45) is -4.21. The van der Waals surface area contributed by atoms with E-state index < -0.39 is 6.36 Å². The molecule has 0 spiro atoms. The molecule has 0 amide bonds. The van der Waals surface area contributed by atoms with Crippen molar-refractivity contribution in [2.24, 2.45) is 0 Å². The standard InChI is InChI=1S/C20H13BrF3N3O3/c1-11-16(10-12-3-2-4-14(21)9-12)28-18(25-11)19-26-17(27-30-19)13-5-7-15(8-6-13)29-20(22,23)24/h2-9H,10H2,1H3. The zero-order valence-corrected chi connectivity index (χ0v) is 17.0. The van der Waals surface area contributed by atoms with Gasteiger partial charge in [-0.25, -0.2) is 4.98 Å². The summed E-state index contributed by atoms with van der Waals surface area (Å²) >= 11 is 3.44. The van der Waals surface area contributed by atoms with Gasteiger partial charge in [-0.1, -0.05) is 33.2 Å². The highest BCUT2D eigenvalue weighted by Gasteiger charge is 2.31. The third-order valence-electron chi connectivity index (χ3n) is 4.10. The summed E-state index contributed by atoms with van der Waals surface area (Å²) < 4.78 is 52.6. The molecule has 4 aromatic rings. The molecule has 0 aliphatic heterocycles. The number of rotatable bonds is 5. The highest BCUT2D eigenvalue weighted by Crippen LogP contribution is 2.28. The Morgan fingerprint density at radius 2 is 1.80 bits per heavy atom. The summed E-state index contributed by atoms with van der Waals surface area (Å²) in [6.45, 7) is 1.82. The van der Waals surface area contributed by atoms with Crippen molar-refractivity contribution in [3.63, 3.8) is 0 Å². The van der Waals surface area contributed by atoms with Crippen LogP contribution < -0.4 is 4.74 Å². The van der Waals surface area contributed by atoms with Crippen LogP contribution in [0.1, 0.15) is 17.0 Å². The van der Waals surface area contributed by atoms with Gasteiger partial charge >= 0.3 is 12.3 Å². The second-order valence-corrected chi connectivity index (χ2v) is 7.25. The van der Waals surface area contributed by atoms with E-state index in [2.05, 4.69) is 35.8 Å². The molecule has 4 rings (SSSR count). The molecule has 0 saturated carbocycles. The number of ether oxygens (including phenoxy) is 1. The van der Waals surface area contributed by atoms with Gasteiger partial charge in [0.2, 0.25) is 5.82 Å². The Balaban J connectivity index is 1.53. The lowest BCUT2D eigenvalue weighted by Gasteiger charge is -2.08. The van der Waals surface area contributed by atoms with Gasteiger partial charge in [0, 0.05) is 16.5 Å². The summed E-state index contributed by atoms with van der Waals surface area (Å²) in [7, 11) is 0. The van der Waals surface area contributed by atoms with Crippen LogP contribution in [0.2, 0.25) is 0 Å². The predicted octanol–water partition coefficient (Wildman–Crippen LogP) is 5.95. The molecular weight excluding hydrogens is 467 g/mol. The second-order valence-electron chi connectivity index (χ2n) is 6.33. The van der Waals surface area contributed by atoms with Crippen LogP contribution in [0.4, 0.5) is 13.2 Å². The third-order valence-corrected chi connectivity index (χ3v) is 4.59. The highest BCUT2D eigenvalue weighted by molar-refractivity contribution is 9.10. The van der Waals surface area contributed by atoms with Crippen molar-refractivity contribution >= 4 is 15.9 Å². The summed E-state index contributed by atoms with van der Waals surface area (Å²) in [6, 6.07) is 13.0. The second kappa shape index (κ2) is 7.94. The summed E-state index contributed by atoms with van der Waals surface area (Å²) in [5, 5.41) is 3.85. The van der Waals surface area contributed by atoms with Gasteiger partial charge in [-0.15, -0.1) is 13.2 Å².